The van der Waals surface area contributed by atoms with Crippen LogP contribution >= 0.6 is 24.4 Å². The second-order valence-corrected chi connectivity index (χ2v) is 12.9. The second-order valence-electron chi connectivity index (χ2n) is 11.9. The molecule has 2 aliphatic heterocycles. The first-order valence-corrected chi connectivity index (χ1v) is 14.6. The molecule has 0 saturated carbocycles. The van der Waals surface area contributed by atoms with E-state index in [1.165, 1.54) is 12.1 Å². The highest BCUT2D eigenvalue weighted by molar-refractivity contribution is 7.80. The molecule has 2 aromatic rings. The molecule has 45 heavy (non-hydrogen) atoms. The first-order valence-electron chi connectivity index (χ1n) is 13.8. The Morgan fingerprint density at radius 1 is 0.844 bits per heavy atom. The lowest BCUT2D eigenvalue weighted by atomic mass is 9.79. The van der Waals surface area contributed by atoms with E-state index >= 15 is 0 Å². The number of esters is 1. The zero-order valence-electron chi connectivity index (χ0n) is 24.6. The average molecular weight is 684 g/mol. The Bertz CT molecular complexity index is 1450. The minimum atomic E-state index is -3.55. The lowest BCUT2D eigenvalue weighted by Crippen LogP contribution is -2.62. The molecule has 0 radical (unpaired) electrons. The quantitative estimate of drug-likeness (QED) is 0.129. The molecule has 4 rings (SSSR count). The molecule has 0 amide bonds. The van der Waals surface area contributed by atoms with Crippen molar-refractivity contribution in [3.63, 3.8) is 0 Å². The Labute approximate surface area is 266 Å². The molecule has 2 heterocycles. The molecule has 0 aromatic heterocycles. The molecule has 0 unspecified atom stereocenters. The number of piperidine rings is 2. The molecule has 2 fully saturated rings. The van der Waals surface area contributed by atoms with Gasteiger partial charge in [-0.3, -0.25) is 4.79 Å². The second kappa shape index (κ2) is 13.3. The number of carbonyl (C=O) groups is 1. The minimum absolute atomic E-state index is 0.0468. The monoisotopic (exact) mass is 683 g/mol. The maximum absolute atomic E-state index is 14.6. The molecule has 5 nitrogen and oxygen atoms in total. The topological polar surface area (TPSA) is 76.4 Å². The highest BCUT2D eigenvalue weighted by atomic mass is 32.1. The van der Waals surface area contributed by atoms with Crippen LogP contribution in [0.5, 0.6) is 0 Å². The van der Waals surface area contributed by atoms with Gasteiger partial charge in [-0.15, -0.1) is 0 Å². The molecule has 4 N–H and O–H groups in total. The van der Waals surface area contributed by atoms with Gasteiger partial charge in [0, 0.05) is 42.5 Å². The number of anilines is 1. The fraction of sp³-hybridized carbons (Fsp3) is 0.500. The van der Waals surface area contributed by atoms with Crippen molar-refractivity contribution in [1.82, 2.24) is 10.6 Å². The van der Waals surface area contributed by atoms with Crippen LogP contribution in [-0.4, -0.2) is 46.7 Å². The number of nitrogens with one attached hydrogen (secondary N) is 2. The van der Waals surface area contributed by atoms with Gasteiger partial charge in [-0.05, 0) is 56.7 Å². The van der Waals surface area contributed by atoms with E-state index in [0.29, 0.717) is 0 Å². The SMILES string of the molecule is CC(C)(C)OC(=O)Cc1ccc(F)c([C@@]2(CF)NC(=S)CCC2(F)F)c1.Nc1ccc(F)c([C@@]2(CF)NC(=S)CCC2(F)F)c1. The van der Waals surface area contributed by atoms with Crippen LogP contribution in [0.1, 0.15) is 63.1 Å². The molecule has 2 atom stereocenters. The number of nitrogen functional groups attached to an aromatic ring is 1. The molecule has 0 bridgehead atoms. The van der Waals surface area contributed by atoms with E-state index in [4.69, 9.17) is 34.9 Å². The average Bonchev–Trinajstić information content (AvgIpc) is 2.93. The van der Waals surface area contributed by atoms with E-state index in [1.807, 2.05) is 0 Å². The zero-order valence-corrected chi connectivity index (χ0v) is 26.3. The Morgan fingerprint density at radius 2 is 1.29 bits per heavy atom. The van der Waals surface area contributed by atoms with Crippen LogP contribution in [0, 0.1) is 11.6 Å². The smallest absolute Gasteiger partial charge is 0.310 e. The van der Waals surface area contributed by atoms with Gasteiger partial charge in [0.15, 0.2) is 11.1 Å². The predicted molar refractivity (Wildman–Crippen MR) is 162 cm³/mol. The van der Waals surface area contributed by atoms with Crippen LogP contribution in [0.3, 0.4) is 0 Å². The van der Waals surface area contributed by atoms with Crippen molar-refractivity contribution >= 4 is 46.1 Å². The third kappa shape index (κ3) is 7.67. The van der Waals surface area contributed by atoms with Crippen molar-refractivity contribution in [3.05, 3.63) is 64.7 Å². The number of rotatable bonds is 6. The number of halogens is 8. The third-order valence-corrected chi connectivity index (χ3v) is 8.01. The summed E-state index contributed by atoms with van der Waals surface area (Å²) in [4.78, 5) is 12.1. The number of hydrogen-bond donors (Lipinski definition) is 3. The number of nitrogens with two attached hydrogens (primary N) is 1. The highest BCUT2D eigenvalue weighted by Crippen LogP contribution is 2.46. The Morgan fingerprint density at radius 3 is 1.73 bits per heavy atom. The summed E-state index contributed by atoms with van der Waals surface area (Å²) in [5.41, 5.74) is -1.03. The highest BCUT2D eigenvalue weighted by Gasteiger charge is 2.60. The molecule has 248 valence electrons. The van der Waals surface area contributed by atoms with Crippen molar-refractivity contribution in [2.24, 2.45) is 0 Å². The summed E-state index contributed by atoms with van der Waals surface area (Å²) in [6, 6.07) is 6.49. The number of hydrogen-bond acceptors (Lipinski definition) is 5. The lowest BCUT2D eigenvalue weighted by molar-refractivity contribution is -0.153. The Balaban J connectivity index is 0.000000257. The van der Waals surface area contributed by atoms with E-state index in [2.05, 4.69) is 10.6 Å². The van der Waals surface area contributed by atoms with E-state index in [0.717, 1.165) is 24.3 Å². The summed E-state index contributed by atoms with van der Waals surface area (Å²) in [5, 5.41) is 4.56. The van der Waals surface area contributed by atoms with Gasteiger partial charge in [0.2, 0.25) is 0 Å². The number of alkyl halides is 6. The van der Waals surface area contributed by atoms with Gasteiger partial charge in [-0.25, -0.2) is 35.1 Å². The van der Waals surface area contributed by atoms with Crippen LogP contribution in [0.2, 0.25) is 0 Å². The van der Waals surface area contributed by atoms with Gasteiger partial charge in [-0.1, -0.05) is 30.5 Å². The first-order chi connectivity index (χ1) is 20.7. The summed E-state index contributed by atoms with van der Waals surface area (Å²) in [6.07, 6.45) is -1.73. The van der Waals surface area contributed by atoms with Crippen LogP contribution in [0.4, 0.5) is 40.8 Å². The molecular formula is C30H33F8N3O2S2. The predicted octanol–water partition coefficient (Wildman–Crippen LogP) is 7.14. The van der Waals surface area contributed by atoms with E-state index in [-0.39, 0.29) is 40.5 Å². The van der Waals surface area contributed by atoms with Gasteiger partial charge in [0.25, 0.3) is 11.8 Å². The molecule has 2 saturated heterocycles. The van der Waals surface area contributed by atoms with E-state index in [1.54, 1.807) is 20.8 Å². The molecule has 0 spiro atoms. The van der Waals surface area contributed by atoms with Crippen LogP contribution in [0.25, 0.3) is 0 Å². The number of benzene rings is 2. The largest absolute Gasteiger partial charge is 0.460 e. The third-order valence-electron chi connectivity index (χ3n) is 7.40. The van der Waals surface area contributed by atoms with Crippen molar-refractivity contribution in [1.29, 1.82) is 0 Å². The normalized spacial score (nSPS) is 24.1. The maximum atomic E-state index is 14.6. The number of thiocarbonyl (C=S) groups is 2. The standard InChI is InChI=1S/C18H21F4NO2S.C12H12F4N2S/c1-16(2,3)25-15(24)9-11-4-5-13(20)12(8-11)17(10-19)18(21,22)7-6-14(26)23-17;13-6-11(8-5-7(17)1-2-9(8)14)12(15,16)4-3-10(19)18-11/h4-5,8H,6-7,9-10H2,1-3H3,(H,23,26);1-2,5H,3-4,6,17H2,(H,18,19)/t17-;11-/m11/s1. The molecule has 2 aliphatic rings. The summed E-state index contributed by atoms with van der Waals surface area (Å²) in [6.45, 7) is 2.03. The van der Waals surface area contributed by atoms with E-state index < -0.39 is 83.4 Å². The number of carbonyl (C=O) groups excluding carboxylic acids is 1. The summed E-state index contributed by atoms with van der Waals surface area (Å²) in [5.74, 6) is -9.53. The lowest BCUT2D eigenvalue weighted by Gasteiger charge is -2.44. The summed E-state index contributed by atoms with van der Waals surface area (Å²) >= 11 is 9.76. The fourth-order valence-electron chi connectivity index (χ4n) is 5.11. The number of ether oxygens (including phenoxy) is 1. The zero-order chi connectivity index (χ0) is 34.0. The summed E-state index contributed by atoms with van der Waals surface area (Å²) < 4.78 is 118. The van der Waals surface area contributed by atoms with Gasteiger partial charge in [-0.2, -0.15) is 0 Å². The fourth-order valence-corrected chi connectivity index (χ4v) is 5.66. The van der Waals surface area contributed by atoms with Gasteiger partial charge >= 0.3 is 5.97 Å². The molecule has 2 aromatic carbocycles. The Hall–Kier alpha value is -3.07. The van der Waals surface area contributed by atoms with Gasteiger partial charge in [0.1, 0.15) is 30.6 Å². The van der Waals surface area contributed by atoms with Crippen molar-refractivity contribution in [2.45, 2.75) is 81.4 Å². The van der Waals surface area contributed by atoms with E-state index in [9.17, 15) is 39.9 Å². The summed E-state index contributed by atoms with van der Waals surface area (Å²) in [7, 11) is 0. The maximum Gasteiger partial charge on any atom is 0.310 e. The van der Waals surface area contributed by atoms with Crippen molar-refractivity contribution in [2.75, 3.05) is 19.1 Å². The van der Waals surface area contributed by atoms with Crippen molar-refractivity contribution in [3.8, 4) is 0 Å². The van der Waals surface area contributed by atoms with Crippen LogP contribution in [0.15, 0.2) is 36.4 Å². The van der Waals surface area contributed by atoms with Crippen LogP contribution in [-0.2, 0) is 27.0 Å². The Kier molecular flexibility index (Phi) is 10.8. The molecule has 15 heteroatoms. The molecule has 0 aliphatic carbocycles. The van der Waals surface area contributed by atoms with Crippen LogP contribution < -0.4 is 16.4 Å². The molecular weight excluding hydrogens is 650 g/mol. The van der Waals surface area contributed by atoms with Crippen molar-refractivity contribution < 1.29 is 44.7 Å². The first kappa shape index (κ1) is 36.4. The minimum Gasteiger partial charge on any atom is -0.460 e. The van der Waals surface area contributed by atoms with Gasteiger partial charge < -0.3 is 21.1 Å². The van der Waals surface area contributed by atoms with Gasteiger partial charge in [0.05, 0.1) is 16.4 Å².